The Morgan fingerprint density at radius 3 is 2.46 bits per heavy atom. The highest BCUT2D eigenvalue weighted by molar-refractivity contribution is 5.78. The van der Waals surface area contributed by atoms with Gasteiger partial charge >= 0.3 is 0 Å². The first-order valence-corrected chi connectivity index (χ1v) is 8.96. The second-order valence-electron chi connectivity index (χ2n) is 6.88. The predicted octanol–water partition coefficient (Wildman–Crippen LogP) is 2.44. The molecule has 1 fully saturated rings. The second-order valence-corrected chi connectivity index (χ2v) is 6.88. The van der Waals surface area contributed by atoms with Crippen LogP contribution in [0.4, 0.5) is 5.82 Å². The normalized spacial score (nSPS) is 14.5. The lowest BCUT2D eigenvalue weighted by Crippen LogP contribution is -2.50. The van der Waals surface area contributed by atoms with Crippen LogP contribution in [0.25, 0.3) is 0 Å². The van der Waals surface area contributed by atoms with Crippen molar-refractivity contribution in [2.75, 3.05) is 37.7 Å². The van der Waals surface area contributed by atoms with Gasteiger partial charge in [0.15, 0.2) is 6.61 Å². The smallest absolute Gasteiger partial charge is 0.260 e. The lowest BCUT2D eigenvalue weighted by Gasteiger charge is -2.35. The maximum Gasteiger partial charge on any atom is 0.260 e. The largest absolute Gasteiger partial charge is 0.483 e. The van der Waals surface area contributed by atoms with E-state index in [4.69, 9.17) is 4.74 Å². The zero-order chi connectivity index (χ0) is 18.7. The highest BCUT2D eigenvalue weighted by Crippen LogP contribution is 2.23. The van der Waals surface area contributed by atoms with Gasteiger partial charge in [-0.25, -0.2) is 9.97 Å². The lowest BCUT2D eigenvalue weighted by atomic mass is 10.1. The number of piperazine rings is 1. The number of ether oxygens (including phenoxy) is 1. The van der Waals surface area contributed by atoms with Gasteiger partial charge in [-0.1, -0.05) is 6.07 Å². The summed E-state index contributed by atoms with van der Waals surface area (Å²) in [5.41, 5.74) is 4.36. The quantitative estimate of drug-likeness (QED) is 0.844. The molecule has 0 aliphatic carbocycles. The second kappa shape index (κ2) is 7.72. The molecule has 2 aromatic rings. The first kappa shape index (κ1) is 18.2. The molecule has 1 amide bonds. The number of amides is 1. The number of nitrogens with zero attached hydrogens (tertiary/aromatic N) is 4. The Labute approximate surface area is 154 Å². The molecule has 2 heterocycles. The average molecular weight is 354 g/mol. The summed E-state index contributed by atoms with van der Waals surface area (Å²) in [5, 5.41) is 0. The molecule has 0 atom stereocenters. The summed E-state index contributed by atoms with van der Waals surface area (Å²) in [4.78, 5) is 25.0. The fraction of sp³-hybridized carbons (Fsp3) is 0.450. The van der Waals surface area contributed by atoms with Gasteiger partial charge in [-0.05, 0) is 50.5 Å². The maximum atomic E-state index is 12.5. The highest BCUT2D eigenvalue weighted by atomic mass is 16.5. The molecule has 138 valence electrons. The van der Waals surface area contributed by atoms with Crippen LogP contribution < -0.4 is 9.64 Å². The van der Waals surface area contributed by atoms with Gasteiger partial charge < -0.3 is 14.5 Å². The highest BCUT2D eigenvalue weighted by Gasteiger charge is 2.22. The Kier molecular flexibility index (Phi) is 5.40. The van der Waals surface area contributed by atoms with Gasteiger partial charge in [0.25, 0.3) is 5.91 Å². The molecular weight excluding hydrogens is 328 g/mol. The van der Waals surface area contributed by atoms with Crippen LogP contribution >= 0.6 is 0 Å². The summed E-state index contributed by atoms with van der Waals surface area (Å²) in [6, 6.07) is 6.09. The molecule has 0 saturated carbocycles. The Bertz CT molecular complexity index is 798. The van der Waals surface area contributed by atoms with Crippen molar-refractivity contribution in [3.8, 4) is 5.75 Å². The number of carbonyl (C=O) groups is 1. The van der Waals surface area contributed by atoms with E-state index in [0.717, 1.165) is 41.5 Å². The van der Waals surface area contributed by atoms with Crippen molar-refractivity contribution in [2.24, 2.45) is 0 Å². The van der Waals surface area contributed by atoms with Gasteiger partial charge in [-0.15, -0.1) is 0 Å². The van der Waals surface area contributed by atoms with Crippen LogP contribution in [-0.4, -0.2) is 53.6 Å². The Morgan fingerprint density at radius 2 is 1.77 bits per heavy atom. The maximum absolute atomic E-state index is 12.5. The third kappa shape index (κ3) is 4.12. The zero-order valence-corrected chi connectivity index (χ0v) is 16.0. The molecule has 1 aromatic carbocycles. The molecule has 3 rings (SSSR count). The standard InChI is InChI=1S/C20H26N4O2/c1-14-9-15(2)17(4)18(10-14)26-12-20(25)24-7-5-23(6-8-24)19-11-16(3)21-13-22-19/h9-11,13H,5-8,12H2,1-4H3. The van der Waals surface area contributed by atoms with Crippen molar-refractivity contribution < 1.29 is 9.53 Å². The van der Waals surface area contributed by atoms with Gasteiger partial charge in [-0.3, -0.25) is 4.79 Å². The molecular formula is C20H26N4O2. The Balaban J connectivity index is 1.54. The molecule has 0 spiro atoms. The van der Waals surface area contributed by atoms with Crippen molar-refractivity contribution in [3.63, 3.8) is 0 Å². The summed E-state index contributed by atoms with van der Waals surface area (Å²) < 4.78 is 5.82. The molecule has 0 N–H and O–H groups in total. The molecule has 26 heavy (non-hydrogen) atoms. The molecule has 1 saturated heterocycles. The summed E-state index contributed by atoms with van der Waals surface area (Å²) in [6.45, 7) is 11.1. The molecule has 1 aliphatic heterocycles. The van der Waals surface area contributed by atoms with Gasteiger partial charge in [0, 0.05) is 37.9 Å². The van der Waals surface area contributed by atoms with Crippen molar-refractivity contribution in [1.82, 2.24) is 14.9 Å². The topological polar surface area (TPSA) is 58.6 Å². The van der Waals surface area contributed by atoms with E-state index < -0.39 is 0 Å². The molecule has 1 aliphatic rings. The molecule has 1 aromatic heterocycles. The first-order chi connectivity index (χ1) is 12.4. The van der Waals surface area contributed by atoms with Gasteiger partial charge in [0.05, 0.1) is 0 Å². The molecule has 0 radical (unpaired) electrons. The molecule has 0 unspecified atom stereocenters. The first-order valence-electron chi connectivity index (χ1n) is 8.96. The number of anilines is 1. The third-order valence-electron chi connectivity index (χ3n) is 4.86. The number of aryl methyl sites for hydroxylation is 3. The van der Waals surface area contributed by atoms with Crippen molar-refractivity contribution in [3.05, 3.63) is 46.9 Å². The van der Waals surface area contributed by atoms with Crippen LogP contribution in [0.1, 0.15) is 22.4 Å². The minimum Gasteiger partial charge on any atom is -0.483 e. The van der Waals surface area contributed by atoms with E-state index in [2.05, 4.69) is 27.9 Å². The minimum absolute atomic E-state index is 0.0297. The number of benzene rings is 1. The summed E-state index contributed by atoms with van der Waals surface area (Å²) in [6.07, 6.45) is 1.59. The summed E-state index contributed by atoms with van der Waals surface area (Å²) in [7, 11) is 0. The summed E-state index contributed by atoms with van der Waals surface area (Å²) >= 11 is 0. The molecule has 0 bridgehead atoms. The van der Waals surface area contributed by atoms with Crippen LogP contribution in [0.3, 0.4) is 0 Å². The molecule has 6 heteroatoms. The van der Waals surface area contributed by atoms with Gasteiger partial charge in [0.1, 0.15) is 17.9 Å². The van der Waals surface area contributed by atoms with E-state index >= 15 is 0 Å². The van der Waals surface area contributed by atoms with E-state index in [1.807, 2.05) is 37.8 Å². The number of rotatable bonds is 4. The fourth-order valence-electron chi connectivity index (χ4n) is 3.18. The predicted molar refractivity (Wildman–Crippen MR) is 102 cm³/mol. The zero-order valence-electron chi connectivity index (χ0n) is 16.0. The minimum atomic E-state index is 0.0297. The molecule has 6 nitrogen and oxygen atoms in total. The van der Waals surface area contributed by atoms with E-state index in [1.54, 1.807) is 6.33 Å². The Hall–Kier alpha value is -2.63. The van der Waals surface area contributed by atoms with Crippen molar-refractivity contribution in [2.45, 2.75) is 27.7 Å². The van der Waals surface area contributed by atoms with Crippen LogP contribution in [0.15, 0.2) is 24.5 Å². The number of hydrogen-bond acceptors (Lipinski definition) is 5. The van der Waals surface area contributed by atoms with E-state index in [-0.39, 0.29) is 12.5 Å². The van der Waals surface area contributed by atoms with Crippen LogP contribution in [0, 0.1) is 27.7 Å². The fourth-order valence-corrected chi connectivity index (χ4v) is 3.18. The Morgan fingerprint density at radius 1 is 1.04 bits per heavy atom. The van der Waals surface area contributed by atoms with Gasteiger partial charge in [0.2, 0.25) is 0 Å². The van der Waals surface area contributed by atoms with E-state index in [9.17, 15) is 4.79 Å². The lowest BCUT2D eigenvalue weighted by molar-refractivity contribution is -0.133. The monoisotopic (exact) mass is 354 g/mol. The number of hydrogen-bond donors (Lipinski definition) is 0. The van der Waals surface area contributed by atoms with E-state index in [1.165, 1.54) is 5.56 Å². The number of carbonyl (C=O) groups excluding carboxylic acids is 1. The van der Waals surface area contributed by atoms with Gasteiger partial charge in [-0.2, -0.15) is 0 Å². The van der Waals surface area contributed by atoms with E-state index in [0.29, 0.717) is 13.1 Å². The summed E-state index contributed by atoms with van der Waals surface area (Å²) in [5.74, 6) is 1.75. The average Bonchev–Trinajstić information content (AvgIpc) is 2.63. The SMILES string of the molecule is Cc1cc(C)c(C)c(OCC(=O)N2CCN(c3cc(C)ncn3)CC2)c1. The third-order valence-corrected chi connectivity index (χ3v) is 4.86. The van der Waals surface area contributed by atoms with Crippen molar-refractivity contribution in [1.29, 1.82) is 0 Å². The van der Waals surface area contributed by atoms with Crippen LogP contribution in [-0.2, 0) is 4.79 Å². The van der Waals surface area contributed by atoms with Crippen LogP contribution in [0.5, 0.6) is 5.75 Å². The van der Waals surface area contributed by atoms with Crippen LogP contribution in [0.2, 0.25) is 0 Å². The number of aromatic nitrogens is 2. The van der Waals surface area contributed by atoms with Crippen molar-refractivity contribution >= 4 is 11.7 Å².